The first-order valence-corrected chi connectivity index (χ1v) is 10.3. The molecular weight excluding hydrogens is 338 g/mol. The van der Waals surface area contributed by atoms with Gasteiger partial charge < -0.3 is 10.6 Å². The van der Waals surface area contributed by atoms with Crippen LogP contribution in [0.5, 0.6) is 0 Å². The zero-order chi connectivity index (χ0) is 19.6. The van der Waals surface area contributed by atoms with Crippen molar-refractivity contribution in [3.05, 3.63) is 23.9 Å². The lowest BCUT2D eigenvalue weighted by molar-refractivity contribution is 0.188. The predicted octanol–water partition coefficient (Wildman–Crippen LogP) is 4.21. The van der Waals surface area contributed by atoms with Crippen LogP contribution < -0.4 is 11.1 Å². The number of aromatic nitrogens is 1. The number of nitrogens with two attached hydrogens (primary N) is 1. The number of carbonyl (C=O) groups is 1. The predicted molar refractivity (Wildman–Crippen MR) is 112 cm³/mol. The number of rotatable bonds is 8. The molecule has 0 bridgehead atoms. The lowest BCUT2D eigenvalue weighted by Gasteiger charge is -2.33. The van der Waals surface area contributed by atoms with E-state index in [0.29, 0.717) is 11.7 Å². The monoisotopic (exact) mass is 373 g/mol. The molecule has 1 aromatic rings. The molecule has 2 rings (SSSR count). The summed E-state index contributed by atoms with van der Waals surface area (Å²) in [5, 5.41) is 2.69. The molecule has 3 N–H and O–H groups in total. The van der Waals surface area contributed by atoms with Crippen LogP contribution in [0.15, 0.2) is 23.3 Å². The van der Waals surface area contributed by atoms with E-state index in [4.69, 9.17) is 5.73 Å². The Morgan fingerprint density at radius 2 is 2.26 bits per heavy atom. The van der Waals surface area contributed by atoms with E-state index >= 15 is 0 Å². The smallest absolute Gasteiger partial charge is 0.348 e. The van der Waals surface area contributed by atoms with Gasteiger partial charge in [0.1, 0.15) is 11.7 Å². The molecule has 2 amide bonds. The molecule has 0 saturated carbocycles. The number of aryl methyl sites for hydroxylation is 1. The van der Waals surface area contributed by atoms with E-state index in [1.807, 2.05) is 19.1 Å². The van der Waals surface area contributed by atoms with E-state index in [1.165, 1.54) is 25.7 Å². The summed E-state index contributed by atoms with van der Waals surface area (Å²) >= 11 is 0. The van der Waals surface area contributed by atoms with Crippen molar-refractivity contribution in [2.45, 2.75) is 59.3 Å². The number of aliphatic imine (C=N–C) groups is 1. The molecule has 0 radical (unpaired) electrons. The van der Waals surface area contributed by atoms with Gasteiger partial charge in [-0.25, -0.2) is 9.78 Å². The van der Waals surface area contributed by atoms with Crippen molar-refractivity contribution in [1.29, 1.82) is 0 Å². The SMILES string of the molecule is CCCC(CC)CCN1CCCC(/C(N)=N/C(=O)Nc2cc(C)ccn2)C1. The molecular formula is C21H35N5O. The Hall–Kier alpha value is -1.95. The van der Waals surface area contributed by atoms with E-state index in [1.54, 1.807) is 6.20 Å². The number of amidine groups is 1. The summed E-state index contributed by atoms with van der Waals surface area (Å²) in [4.78, 5) is 22.8. The Balaban J connectivity index is 1.86. The standard InChI is InChI=1S/C21H35N5O/c1-4-7-17(5-2)10-13-26-12-6-8-18(15-26)20(22)25-21(27)24-19-14-16(3)9-11-23-19/h9,11,14,17-18H,4-8,10,12-13,15H2,1-3H3,(H3,22,23,24,25,27). The van der Waals surface area contributed by atoms with Crippen molar-refractivity contribution in [1.82, 2.24) is 9.88 Å². The fourth-order valence-electron chi connectivity index (χ4n) is 3.78. The molecule has 1 saturated heterocycles. The van der Waals surface area contributed by atoms with Gasteiger partial charge in [0.2, 0.25) is 0 Å². The first kappa shape index (κ1) is 21.4. The highest BCUT2D eigenvalue weighted by Crippen LogP contribution is 2.20. The van der Waals surface area contributed by atoms with Gasteiger partial charge in [0, 0.05) is 18.7 Å². The highest BCUT2D eigenvalue weighted by atomic mass is 16.2. The van der Waals surface area contributed by atoms with Gasteiger partial charge in [-0.3, -0.25) is 5.32 Å². The van der Waals surface area contributed by atoms with Crippen LogP contribution in [0, 0.1) is 18.8 Å². The summed E-state index contributed by atoms with van der Waals surface area (Å²) in [5.41, 5.74) is 7.20. The first-order valence-electron chi connectivity index (χ1n) is 10.3. The van der Waals surface area contributed by atoms with E-state index in [-0.39, 0.29) is 5.92 Å². The molecule has 2 atom stereocenters. The Bertz CT molecular complexity index is 631. The number of pyridine rings is 1. The highest BCUT2D eigenvalue weighted by Gasteiger charge is 2.23. The van der Waals surface area contributed by atoms with Gasteiger partial charge in [0.25, 0.3) is 0 Å². The first-order chi connectivity index (χ1) is 13.0. The number of anilines is 1. The van der Waals surface area contributed by atoms with Gasteiger partial charge in [-0.15, -0.1) is 0 Å². The van der Waals surface area contributed by atoms with Crippen molar-refractivity contribution < 1.29 is 4.79 Å². The van der Waals surface area contributed by atoms with Crippen LogP contribution >= 0.6 is 0 Å². The summed E-state index contributed by atoms with van der Waals surface area (Å²) in [6, 6.07) is 3.25. The van der Waals surface area contributed by atoms with E-state index < -0.39 is 6.03 Å². The highest BCUT2D eigenvalue weighted by molar-refractivity contribution is 5.99. The largest absolute Gasteiger partial charge is 0.387 e. The molecule has 0 aliphatic carbocycles. The number of nitrogens with one attached hydrogen (secondary N) is 1. The van der Waals surface area contributed by atoms with E-state index in [2.05, 4.69) is 34.0 Å². The number of likely N-dealkylation sites (tertiary alicyclic amines) is 1. The van der Waals surface area contributed by atoms with Crippen molar-refractivity contribution in [3.63, 3.8) is 0 Å². The fourth-order valence-corrected chi connectivity index (χ4v) is 3.78. The van der Waals surface area contributed by atoms with Crippen LogP contribution in [-0.2, 0) is 0 Å². The molecule has 1 aliphatic rings. The van der Waals surface area contributed by atoms with Gasteiger partial charge in [0.15, 0.2) is 0 Å². The second-order valence-electron chi connectivity index (χ2n) is 7.68. The molecule has 2 unspecified atom stereocenters. The normalized spacial score (nSPS) is 19.7. The van der Waals surface area contributed by atoms with Crippen LogP contribution in [0.1, 0.15) is 57.9 Å². The summed E-state index contributed by atoms with van der Waals surface area (Å²) in [7, 11) is 0. The second kappa shape index (κ2) is 11.0. The van der Waals surface area contributed by atoms with Crippen LogP contribution in [0.25, 0.3) is 0 Å². The van der Waals surface area contributed by atoms with Gasteiger partial charge in [-0.2, -0.15) is 4.99 Å². The molecule has 6 nitrogen and oxygen atoms in total. The average molecular weight is 374 g/mol. The molecule has 0 aromatic carbocycles. The minimum Gasteiger partial charge on any atom is -0.387 e. The van der Waals surface area contributed by atoms with Gasteiger partial charge >= 0.3 is 6.03 Å². The topological polar surface area (TPSA) is 83.6 Å². The van der Waals surface area contributed by atoms with Crippen LogP contribution in [0.3, 0.4) is 0 Å². The van der Waals surface area contributed by atoms with Crippen molar-refractivity contribution in [2.24, 2.45) is 22.6 Å². The zero-order valence-corrected chi connectivity index (χ0v) is 17.1. The zero-order valence-electron chi connectivity index (χ0n) is 17.1. The molecule has 150 valence electrons. The third-order valence-electron chi connectivity index (χ3n) is 5.43. The number of carbonyl (C=O) groups excluding carboxylic acids is 1. The minimum absolute atomic E-state index is 0.154. The lowest BCUT2D eigenvalue weighted by Crippen LogP contribution is -2.42. The van der Waals surface area contributed by atoms with Crippen LogP contribution in [0.4, 0.5) is 10.6 Å². The summed E-state index contributed by atoms with van der Waals surface area (Å²) in [6.45, 7) is 9.62. The fraction of sp³-hybridized carbons (Fsp3) is 0.667. The lowest BCUT2D eigenvalue weighted by atomic mass is 9.94. The number of amides is 2. The third-order valence-corrected chi connectivity index (χ3v) is 5.43. The van der Waals surface area contributed by atoms with Crippen LogP contribution in [0.2, 0.25) is 0 Å². The average Bonchev–Trinajstić information content (AvgIpc) is 2.65. The van der Waals surface area contributed by atoms with Gasteiger partial charge in [-0.05, 0) is 62.9 Å². The molecule has 1 fully saturated rings. The summed E-state index contributed by atoms with van der Waals surface area (Å²) < 4.78 is 0. The number of nitrogens with zero attached hydrogens (tertiary/aromatic N) is 3. The molecule has 0 spiro atoms. The molecule has 6 heteroatoms. The maximum absolute atomic E-state index is 12.2. The van der Waals surface area contributed by atoms with Crippen molar-refractivity contribution >= 4 is 17.7 Å². The summed E-state index contributed by atoms with van der Waals surface area (Å²) in [6.07, 6.45) is 8.82. The number of hydrogen-bond acceptors (Lipinski definition) is 3. The Morgan fingerprint density at radius 3 is 2.96 bits per heavy atom. The van der Waals surface area contributed by atoms with Crippen LogP contribution in [-0.4, -0.2) is 41.4 Å². The maximum atomic E-state index is 12.2. The minimum atomic E-state index is -0.447. The number of piperidine rings is 1. The van der Waals surface area contributed by atoms with Crippen molar-refractivity contribution in [3.8, 4) is 0 Å². The Labute approximate surface area is 163 Å². The number of hydrogen-bond donors (Lipinski definition) is 2. The Kier molecular flexibility index (Phi) is 8.72. The Morgan fingerprint density at radius 1 is 1.44 bits per heavy atom. The van der Waals surface area contributed by atoms with Gasteiger partial charge in [-0.1, -0.05) is 33.1 Å². The number of urea groups is 1. The molecule has 27 heavy (non-hydrogen) atoms. The van der Waals surface area contributed by atoms with E-state index in [9.17, 15) is 4.79 Å². The van der Waals surface area contributed by atoms with E-state index in [0.717, 1.165) is 44.0 Å². The molecule has 2 heterocycles. The third kappa shape index (κ3) is 7.29. The van der Waals surface area contributed by atoms with Gasteiger partial charge in [0.05, 0.1) is 0 Å². The molecule has 1 aliphatic heterocycles. The second-order valence-corrected chi connectivity index (χ2v) is 7.68. The summed E-state index contributed by atoms with van der Waals surface area (Å²) in [5.74, 6) is 1.91. The molecule has 1 aromatic heterocycles. The van der Waals surface area contributed by atoms with Crippen molar-refractivity contribution in [2.75, 3.05) is 25.0 Å². The maximum Gasteiger partial charge on any atom is 0.348 e. The quantitative estimate of drug-likeness (QED) is 0.528.